The van der Waals surface area contributed by atoms with Crippen LogP contribution < -0.4 is 11.0 Å². The van der Waals surface area contributed by atoms with Gasteiger partial charge in [-0.1, -0.05) is 48.9 Å². The number of aromatic nitrogens is 2. The third-order valence-electron chi connectivity index (χ3n) is 7.93. The van der Waals surface area contributed by atoms with Crippen molar-refractivity contribution in [1.29, 1.82) is 0 Å². The van der Waals surface area contributed by atoms with Crippen molar-refractivity contribution < 1.29 is 0 Å². The number of rotatable bonds is 7. The summed E-state index contributed by atoms with van der Waals surface area (Å²) in [6.45, 7) is 8.14. The normalized spacial score (nSPS) is 18.4. The Labute approximate surface area is 219 Å². The summed E-state index contributed by atoms with van der Waals surface area (Å²) >= 11 is 5.75. The largest absolute Gasteiger partial charge is 0.356 e. The second-order valence-corrected chi connectivity index (χ2v) is 10.7. The highest BCUT2D eigenvalue weighted by Gasteiger charge is 2.26. The Morgan fingerprint density at radius 1 is 0.917 bits per heavy atom. The van der Waals surface area contributed by atoms with Gasteiger partial charge in [-0.3, -0.25) is 9.13 Å². The number of imidazole rings is 1. The second kappa shape index (κ2) is 11.6. The van der Waals surface area contributed by atoms with Gasteiger partial charge in [0.05, 0.1) is 17.1 Å². The van der Waals surface area contributed by atoms with Crippen LogP contribution in [0.5, 0.6) is 0 Å². The minimum atomic E-state index is 0.145. The molecule has 3 heterocycles. The van der Waals surface area contributed by atoms with Crippen molar-refractivity contribution in [3.63, 3.8) is 0 Å². The topological polar surface area (TPSA) is 45.4 Å². The number of hydrogen-bond donors (Lipinski definition) is 1. The molecule has 2 saturated heterocycles. The highest BCUT2D eigenvalue weighted by atomic mass is 32.1. The smallest absolute Gasteiger partial charge is 0.329 e. The Morgan fingerprint density at radius 2 is 1.58 bits per heavy atom. The van der Waals surface area contributed by atoms with Gasteiger partial charge < -0.3 is 15.1 Å². The summed E-state index contributed by atoms with van der Waals surface area (Å²) < 4.78 is 4.08. The summed E-state index contributed by atoms with van der Waals surface area (Å²) in [7, 11) is 0. The van der Waals surface area contributed by atoms with Gasteiger partial charge in [0.25, 0.3) is 0 Å². The van der Waals surface area contributed by atoms with Crippen LogP contribution in [0.4, 0.5) is 0 Å². The van der Waals surface area contributed by atoms with Crippen LogP contribution in [-0.2, 0) is 6.54 Å². The fourth-order valence-electron chi connectivity index (χ4n) is 5.87. The fourth-order valence-corrected chi connectivity index (χ4v) is 6.22. The van der Waals surface area contributed by atoms with E-state index in [0.29, 0.717) is 0 Å². The molecule has 1 aromatic heterocycles. The van der Waals surface area contributed by atoms with Gasteiger partial charge in [-0.25, -0.2) is 4.79 Å². The van der Waals surface area contributed by atoms with E-state index in [4.69, 9.17) is 12.2 Å². The van der Waals surface area contributed by atoms with Gasteiger partial charge in [-0.05, 0) is 88.6 Å². The number of para-hydroxylation sites is 2. The molecule has 2 aliphatic rings. The summed E-state index contributed by atoms with van der Waals surface area (Å²) in [6.07, 6.45) is 6.83. The van der Waals surface area contributed by atoms with Crippen molar-refractivity contribution in [2.45, 2.75) is 64.1 Å². The third kappa shape index (κ3) is 5.52. The molecule has 7 heteroatoms. The number of aryl methyl sites for hydroxylation is 1. The van der Waals surface area contributed by atoms with Crippen LogP contribution >= 0.6 is 12.2 Å². The molecule has 0 aliphatic carbocycles. The standard InChI is InChI=1S/C29H39N5OS/c1-23(24-11-4-2-5-12-24)30-28(36)32-21-15-25(16-22-32)34-27-14-7-6-13-26(27)33(29(34)35)20-10-19-31-17-8-3-9-18-31/h2,4-7,11-14,23,25H,3,8-10,15-22H2,1H3,(H,30,36)/t23-/m0/s1. The Morgan fingerprint density at radius 3 is 2.31 bits per heavy atom. The van der Waals surface area contributed by atoms with Crippen molar-refractivity contribution in [2.75, 3.05) is 32.7 Å². The number of benzene rings is 2. The zero-order valence-electron chi connectivity index (χ0n) is 21.4. The van der Waals surface area contributed by atoms with Gasteiger partial charge in [0, 0.05) is 25.7 Å². The highest BCUT2D eigenvalue weighted by Crippen LogP contribution is 2.26. The molecule has 36 heavy (non-hydrogen) atoms. The fraction of sp³-hybridized carbons (Fsp3) is 0.517. The van der Waals surface area contributed by atoms with Crippen LogP contribution in [0.2, 0.25) is 0 Å². The average molecular weight is 506 g/mol. The molecule has 0 spiro atoms. The third-order valence-corrected chi connectivity index (χ3v) is 8.31. The Hall–Kier alpha value is -2.64. The number of nitrogens with one attached hydrogen (secondary N) is 1. The number of fused-ring (bicyclic) bond motifs is 1. The van der Waals surface area contributed by atoms with Gasteiger partial charge in [-0.2, -0.15) is 0 Å². The summed E-state index contributed by atoms with van der Waals surface area (Å²) in [4.78, 5) is 18.5. The van der Waals surface area contributed by atoms with E-state index in [-0.39, 0.29) is 17.8 Å². The van der Waals surface area contributed by atoms with E-state index in [9.17, 15) is 4.79 Å². The van der Waals surface area contributed by atoms with E-state index in [1.54, 1.807) is 0 Å². The molecule has 0 amide bonds. The van der Waals surface area contributed by atoms with Gasteiger partial charge >= 0.3 is 5.69 Å². The van der Waals surface area contributed by atoms with E-state index >= 15 is 0 Å². The van der Waals surface area contributed by atoms with Crippen molar-refractivity contribution in [2.24, 2.45) is 0 Å². The van der Waals surface area contributed by atoms with Crippen molar-refractivity contribution in [3.8, 4) is 0 Å². The summed E-state index contributed by atoms with van der Waals surface area (Å²) in [5, 5.41) is 4.30. The first-order valence-electron chi connectivity index (χ1n) is 13.6. The van der Waals surface area contributed by atoms with Gasteiger partial charge in [-0.15, -0.1) is 0 Å². The minimum absolute atomic E-state index is 0.145. The lowest BCUT2D eigenvalue weighted by Gasteiger charge is -2.35. The highest BCUT2D eigenvalue weighted by molar-refractivity contribution is 7.80. The molecule has 2 aromatic carbocycles. The molecular formula is C29H39N5OS. The lowest BCUT2D eigenvalue weighted by atomic mass is 10.0. The molecule has 3 aromatic rings. The van der Waals surface area contributed by atoms with Crippen LogP contribution in [0.25, 0.3) is 11.0 Å². The van der Waals surface area contributed by atoms with Crippen LogP contribution in [0.1, 0.15) is 63.1 Å². The van der Waals surface area contributed by atoms with Crippen LogP contribution in [0.15, 0.2) is 59.4 Å². The average Bonchev–Trinajstić information content (AvgIpc) is 3.21. The van der Waals surface area contributed by atoms with Crippen molar-refractivity contribution in [1.82, 2.24) is 24.3 Å². The summed E-state index contributed by atoms with van der Waals surface area (Å²) in [5.41, 5.74) is 3.51. The van der Waals surface area contributed by atoms with Gasteiger partial charge in [0.1, 0.15) is 0 Å². The van der Waals surface area contributed by atoms with Crippen molar-refractivity contribution in [3.05, 3.63) is 70.6 Å². The molecule has 0 unspecified atom stereocenters. The lowest BCUT2D eigenvalue weighted by Crippen LogP contribution is -2.46. The maximum atomic E-state index is 13.6. The van der Waals surface area contributed by atoms with E-state index in [0.717, 1.165) is 61.6 Å². The number of hydrogen-bond acceptors (Lipinski definition) is 3. The second-order valence-electron chi connectivity index (χ2n) is 10.3. The van der Waals surface area contributed by atoms with Crippen molar-refractivity contribution >= 4 is 28.4 Å². The Balaban J connectivity index is 1.23. The number of nitrogens with zero attached hydrogens (tertiary/aromatic N) is 4. The molecule has 192 valence electrons. The molecule has 0 bridgehead atoms. The maximum absolute atomic E-state index is 13.6. The predicted octanol–water partition coefficient (Wildman–Crippen LogP) is 4.95. The van der Waals surface area contributed by atoms with E-state index < -0.39 is 0 Å². The minimum Gasteiger partial charge on any atom is -0.356 e. The number of piperidine rings is 2. The number of likely N-dealkylation sites (tertiary alicyclic amines) is 2. The van der Waals surface area contributed by atoms with E-state index in [2.05, 4.69) is 69.1 Å². The molecular weight excluding hydrogens is 466 g/mol. The molecule has 5 rings (SSSR count). The number of thiocarbonyl (C=S) groups is 1. The summed E-state index contributed by atoms with van der Waals surface area (Å²) in [6, 6.07) is 19.1. The van der Waals surface area contributed by atoms with Gasteiger partial charge in [0.2, 0.25) is 0 Å². The molecule has 6 nitrogen and oxygen atoms in total. The predicted molar refractivity (Wildman–Crippen MR) is 152 cm³/mol. The first-order chi connectivity index (χ1) is 17.6. The maximum Gasteiger partial charge on any atom is 0.329 e. The Bertz CT molecular complexity index is 1210. The molecule has 1 atom stereocenters. The first-order valence-corrected chi connectivity index (χ1v) is 14.0. The van der Waals surface area contributed by atoms with E-state index in [1.165, 1.54) is 37.9 Å². The molecule has 2 fully saturated rings. The molecule has 2 aliphatic heterocycles. The van der Waals surface area contributed by atoms with Crippen LogP contribution in [0.3, 0.4) is 0 Å². The molecule has 0 saturated carbocycles. The van der Waals surface area contributed by atoms with Crippen LogP contribution in [0, 0.1) is 0 Å². The zero-order chi connectivity index (χ0) is 24.9. The van der Waals surface area contributed by atoms with E-state index in [1.807, 2.05) is 16.7 Å². The summed E-state index contributed by atoms with van der Waals surface area (Å²) in [5.74, 6) is 0. The molecule has 1 N–H and O–H groups in total. The van der Waals surface area contributed by atoms with Gasteiger partial charge in [0.15, 0.2) is 5.11 Å². The lowest BCUT2D eigenvalue weighted by molar-refractivity contribution is 0.222. The SMILES string of the molecule is C[C@H](NC(=S)N1CCC(n2c(=O)n(CCCN3CCCCC3)c3ccccc32)CC1)c1ccccc1. The monoisotopic (exact) mass is 505 g/mol. The zero-order valence-corrected chi connectivity index (χ0v) is 22.3. The van der Waals surface area contributed by atoms with Crippen LogP contribution in [-0.4, -0.2) is 56.8 Å². The first kappa shape index (κ1) is 25.0. The Kier molecular flexibility index (Phi) is 8.07. The molecule has 0 radical (unpaired) electrons. The quantitative estimate of drug-likeness (QED) is 0.460.